The number of rotatable bonds is 6. The van der Waals surface area contributed by atoms with Crippen molar-refractivity contribution in [3.8, 4) is 5.75 Å². The summed E-state index contributed by atoms with van der Waals surface area (Å²) in [5.41, 5.74) is 4.80. The molecule has 0 spiro atoms. The zero-order valence-electron chi connectivity index (χ0n) is 34.6. The van der Waals surface area contributed by atoms with Crippen LogP contribution in [0.2, 0.25) is 0 Å². The van der Waals surface area contributed by atoms with Crippen molar-refractivity contribution in [2.24, 2.45) is 0 Å². The Hall–Kier alpha value is -3.28. The van der Waals surface area contributed by atoms with E-state index in [2.05, 4.69) is 101 Å². The largest absolute Gasteiger partial charge is 0.490 e. The summed E-state index contributed by atoms with van der Waals surface area (Å²) >= 11 is 0. The molecule has 0 radical (unpaired) electrons. The summed E-state index contributed by atoms with van der Waals surface area (Å²) in [6.07, 6.45) is 32.3. The van der Waals surface area contributed by atoms with E-state index in [0.29, 0.717) is 25.2 Å². The van der Waals surface area contributed by atoms with E-state index in [9.17, 15) is 5.11 Å². The highest BCUT2D eigenvalue weighted by atomic mass is 16.5. The van der Waals surface area contributed by atoms with Crippen LogP contribution < -0.4 is 9.64 Å². The van der Waals surface area contributed by atoms with Crippen molar-refractivity contribution >= 4 is 27.4 Å². The Morgan fingerprint density at radius 1 is 0.673 bits per heavy atom. The molecule has 2 bridgehead atoms. The van der Waals surface area contributed by atoms with Gasteiger partial charge in [-0.25, -0.2) is 0 Å². The number of aliphatic hydroxyl groups is 1. The number of hydrogen-bond acceptors (Lipinski definition) is 4. The molecule has 1 fully saturated rings. The number of benzene rings is 3. The number of H-pyrrole nitrogens is 1. The van der Waals surface area contributed by atoms with Crippen molar-refractivity contribution in [2.45, 2.75) is 167 Å². The SMILES string of the molecule is Cc1cc2c(OCC(O)CN3CC4CC=CCC3CCCCCCCCCCCCCCCCCCCCN4c3ccc4ccccc4c3)ccc(C)c2[nH]1. The van der Waals surface area contributed by atoms with Gasteiger partial charge in [0, 0.05) is 48.5 Å². The molecule has 5 heteroatoms. The molecule has 0 saturated carbocycles. The van der Waals surface area contributed by atoms with Crippen molar-refractivity contribution in [3.63, 3.8) is 0 Å². The average Bonchev–Trinajstić information content (AvgIpc) is 3.59. The molecule has 6 rings (SSSR count). The number of aliphatic hydroxyl groups excluding tert-OH is 1. The number of aromatic nitrogens is 1. The monoisotopic (exact) mass is 748 g/mol. The Morgan fingerprint density at radius 2 is 1.27 bits per heavy atom. The topological polar surface area (TPSA) is 51.7 Å². The molecule has 3 aromatic carbocycles. The number of nitrogens with one attached hydrogen (secondary N) is 1. The minimum atomic E-state index is -0.576. The molecule has 3 unspecified atom stereocenters. The Labute approximate surface area is 333 Å². The van der Waals surface area contributed by atoms with E-state index in [-0.39, 0.29) is 0 Å². The number of aromatic amines is 1. The first-order valence-electron chi connectivity index (χ1n) is 22.6. The Kier molecular flexibility index (Phi) is 16.9. The first kappa shape index (κ1) is 41.4. The first-order valence-corrected chi connectivity index (χ1v) is 22.6. The lowest BCUT2D eigenvalue weighted by atomic mass is 9.97. The van der Waals surface area contributed by atoms with Gasteiger partial charge in [0.2, 0.25) is 0 Å². The third kappa shape index (κ3) is 12.9. The van der Waals surface area contributed by atoms with Crippen LogP contribution in [0.1, 0.15) is 146 Å². The van der Waals surface area contributed by atoms with Gasteiger partial charge < -0.3 is 19.7 Å². The van der Waals surface area contributed by atoms with Crippen LogP contribution in [0.15, 0.2) is 72.8 Å². The molecular formula is C50H73N3O2. The van der Waals surface area contributed by atoms with E-state index in [1.54, 1.807) is 0 Å². The van der Waals surface area contributed by atoms with Gasteiger partial charge in [0.1, 0.15) is 18.5 Å². The van der Waals surface area contributed by atoms with Gasteiger partial charge in [0.25, 0.3) is 0 Å². The second-order valence-electron chi connectivity index (χ2n) is 17.2. The van der Waals surface area contributed by atoms with Gasteiger partial charge in [-0.1, -0.05) is 158 Å². The van der Waals surface area contributed by atoms with Crippen LogP contribution in [0.25, 0.3) is 21.7 Å². The third-order valence-electron chi connectivity index (χ3n) is 12.6. The lowest BCUT2D eigenvalue weighted by Gasteiger charge is -2.41. The molecular weight excluding hydrogens is 675 g/mol. The summed E-state index contributed by atoms with van der Waals surface area (Å²) in [5.74, 6) is 0.851. The van der Waals surface area contributed by atoms with Gasteiger partial charge in [-0.15, -0.1) is 0 Å². The van der Waals surface area contributed by atoms with Crippen molar-refractivity contribution in [1.82, 2.24) is 9.88 Å². The van der Waals surface area contributed by atoms with Crippen LogP contribution in [0.5, 0.6) is 5.75 Å². The number of anilines is 1. The standard InChI is InChI=1S/C50H73N3O2/c1-40-30-33-49(48-35-41(2)51-50(40)48)55-39-47(54)38-52-37-46-29-23-22-28-44(52)27-19-17-15-13-11-9-7-5-3-4-6-8-10-12-14-16-18-24-34-53(46)45-32-31-42-25-20-21-26-43(42)36-45/h20-23,25-26,30-33,35-36,44,46-47,51,54H,3-19,24,27-29,34,37-39H2,1-2H3. The van der Waals surface area contributed by atoms with Crippen LogP contribution in [-0.4, -0.2) is 59.4 Å². The molecule has 1 saturated heterocycles. The van der Waals surface area contributed by atoms with Crippen molar-refractivity contribution < 1.29 is 9.84 Å². The van der Waals surface area contributed by atoms with E-state index in [0.717, 1.165) is 48.3 Å². The fraction of sp³-hybridized carbons (Fsp3) is 0.600. The maximum Gasteiger partial charge on any atom is 0.128 e. The number of hydrogen-bond donors (Lipinski definition) is 2. The van der Waals surface area contributed by atoms with E-state index in [1.165, 1.54) is 144 Å². The fourth-order valence-corrected chi connectivity index (χ4v) is 9.37. The van der Waals surface area contributed by atoms with E-state index >= 15 is 0 Å². The van der Waals surface area contributed by atoms with Crippen molar-refractivity contribution in [2.75, 3.05) is 31.1 Å². The predicted molar refractivity (Wildman–Crippen MR) is 236 cm³/mol. The molecule has 4 aromatic rings. The summed E-state index contributed by atoms with van der Waals surface area (Å²) in [6, 6.07) is 23.0. The molecule has 3 heterocycles. The minimum absolute atomic E-state index is 0.292. The molecule has 2 aliphatic heterocycles. The highest BCUT2D eigenvalue weighted by Gasteiger charge is 2.28. The lowest BCUT2D eigenvalue weighted by Crippen LogP contribution is -2.51. The number of fused-ring (bicyclic) bond motifs is 5. The van der Waals surface area contributed by atoms with Gasteiger partial charge in [0.05, 0.1) is 5.52 Å². The summed E-state index contributed by atoms with van der Waals surface area (Å²) in [4.78, 5) is 8.88. The van der Waals surface area contributed by atoms with Gasteiger partial charge in [-0.2, -0.15) is 0 Å². The Morgan fingerprint density at radius 3 is 1.95 bits per heavy atom. The maximum atomic E-state index is 11.7. The number of nitrogens with zero attached hydrogens (tertiary/aromatic N) is 2. The summed E-state index contributed by atoms with van der Waals surface area (Å²) in [6.45, 7) is 7.16. The minimum Gasteiger partial charge on any atom is -0.490 e. The van der Waals surface area contributed by atoms with Crippen LogP contribution in [0.3, 0.4) is 0 Å². The number of ether oxygens (including phenoxy) is 1. The summed E-state index contributed by atoms with van der Waals surface area (Å²) in [7, 11) is 0. The molecule has 0 amide bonds. The van der Waals surface area contributed by atoms with Crippen LogP contribution in [0, 0.1) is 13.8 Å². The molecule has 2 N–H and O–H groups in total. The van der Waals surface area contributed by atoms with Crippen LogP contribution in [-0.2, 0) is 0 Å². The van der Waals surface area contributed by atoms with Crippen molar-refractivity contribution in [1.29, 1.82) is 0 Å². The highest BCUT2D eigenvalue weighted by Crippen LogP contribution is 2.31. The second-order valence-corrected chi connectivity index (χ2v) is 17.2. The van der Waals surface area contributed by atoms with Gasteiger partial charge in [-0.3, -0.25) is 4.90 Å². The average molecular weight is 748 g/mol. The number of aryl methyl sites for hydroxylation is 2. The fourth-order valence-electron chi connectivity index (χ4n) is 9.37. The zero-order chi connectivity index (χ0) is 38.1. The normalized spacial score (nSPS) is 22.1. The molecule has 0 aliphatic carbocycles. The van der Waals surface area contributed by atoms with E-state index in [4.69, 9.17) is 4.74 Å². The van der Waals surface area contributed by atoms with Crippen LogP contribution >= 0.6 is 0 Å². The predicted octanol–water partition coefficient (Wildman–Crippen LogP) is 13.0. The van der Waals surface area contributed by atoms with Crippen molar-refractivity contribution in [3.05, 3.63) is 84.1 Å². The van der Waals surface area contributed by atoms with E-state index < -0.39 is 6.10 Å². The summed E-state index contributed by atoms with van der Waals surface area (Å²) in [5, 5.41) is 15.4. The molecule has 3 atom stereocenters. The maximum absolute atomic E-state index is 11.7. The smallest absolute Gasteiger partial charge is 0.128 e. The van der Waals surface area contributed by atoms with Crippen LogP contribution in [0.4, 0.5) is 5.69 Å². The summed E-state index contributed by atoms with van der Waals surface area (Å²) < 4.78 is 6.41. The van der Waals surface area contributed by atoms with Gasteiger partial charge >= 0.3 is 0 Å². The first-order chi connectivity index (χ1) is 27.0. The van der Waals surface area contributed by atoms with Gasteiger partial charge in [0.15, 0.2) is 0 Å². The second kappa shape index (κ2) is 22.5. The molecule has 2 aliphatic rings. The lowest BCUT2D eigenvalue weighted by molar-refractivity contribution is 0.0465. The molecule has 55 heavy (non-hydrogen) atoms. The Bertz CT molecular complexity index is 1730. The molecule has 5 nitrogen and oxygen atoms in total. The zero-order valence-corrected chi connectivity index (χ0v) is 34.6. The third-order valence-corrected chi connectivity index (χ3v) is 12.6. The Balaban J connectivity index is 1.19. The molecule has 300 valence electrons. The van der Waals surface area contributed by atoms with Gasteiger partial charge in [-0.05, 0) is 80.1 Å². The molecule has 1 aromatic heterocycles. The van der Waals surface area contributed by atoms with E-state index in [1.807, 2.05) is 0 Å². The highest BCUT2D eigenvalue weighted by molar-refractivity contribution is 5.89. The quantitative estimate of drug-likeness (QED) is 0.193.